The smallest absolute Gasteiger partial charge is 0.222 e. The minimum Gasteiger partial charge on any atom is -0.396 e. The molecule has 3 unspecified atom stereocenters. The highest BCUT2D eigenvalue weighted by Gasteiger charge is 2.16. The van der Waals surface area contributed by atoms with Gasteiger partial charge in [0.2, 0.25) is 5.91 Å². The molecule has 0 radical (unpaired) electrons. The Hall–Kier alpha value is -1.39. The number of nitrogens with one attached hydrogen (secondary N) is 1. The molecule has 0 aromatic heterocycles. The highest BCUT2D eigenvalue weighted by atomic mass is 16.3. The molecule has 18 heavy (non-hydrogen) atoms. The quantitative estimate of drug-likeness (QED) is 0.710. The van der Waals surface area contributed by atoms with Crippen LogP contribution in [0.25, 0.3) is 0 Å². The van der Waals surface area contributed by atoms with Crippen molar-refractivity contribution < 1.29 is 9.90 Å². The summed E-state index contributed by atoms with van der Waals surface area (Å²) in [5.74, 6) is -0.0407. The fourth-order valence-electron chi connectivity index (χ4n) is 1.63. The summed E-state index contributed by atoms with van der Waals surface area (Å²) in [6.45, 7) is 3.83. The Morgan fingerprint density at radius 1 is 1.33 bits per heavy atom. The highest BCUT2D eigenvalue weighted by molar-refractivity contribution is 5.77. The molecule has 0 fully saturated rings. The lowest BCUT2D eigenvalue weighted by Gasteiger charge is -2.20. The van der Waals surface area contributed by atoms with Crippen LogP contribution in [0.15, 0.2) is 30.3 Å². The predicted molar refractivity (Wildman–Crippen MR) is 71.8 cm³/mol. The molecule has 0 saturated heterocycles. The van der Waals surface area contributed by atoms with Gasteiger partial charge in [0.05, 0.1) is 0 Å². The van der Waals surface area contributed by atoms with Gasteiger partial charge in [0.1, 0.15) is 0 Å². The molecule has 1 rings (SSSR count). The summed E-state index contributed by atoms with van der Waals surface area (Å²) in [6, 6.07) is 9.22. The van der Waals surface area contributed by atoms with E-state index in [4.69, 9.17) is 10.8 Å². The number of rotatable bonds is 6. The van der Waals surface area contributed by atoms with Crippen LogP contribution in [0, 0.1) is 5.92 Å². The second kappa shape index (κ2) is 7.13. The third-order valence-electron chi connectivity index (χ3n) is 3.16. The maximum atomic E-state index is 11.8. The Labute approximate surface area is 108 Å². The normalized spacial score (nSPS) is 15.8. The average molecular weight is 250 g/mol. The van der Waals surface area contributed by atoms with E-state index in [9.17, 15) is 4.79 Å². The molecule has 4 nitrogen and oxygen atoms in total. The molecule has 1 aromatic rings. The van der Waals surface area contributed by atoms with Crippen LogP contribution in [-0.4, -0.2) is 23.7 Å². The number of nitrogens with two attached hydrogens (primary N) is 1. The van der Waals surface area contributed by atoms with Gasteiger partial charge in [-0.3, -0.25) is 4.79 Å². The maximum Gasteiger partial charge on any atom is 0.222 e. The third-order valence-corrected chi connectivity index (χ3v) is 3.16. The van der Waals surface area contributed by atoms with Crippen LogP contribution in [0.2, 0.25) is 0 Å². The number of aliphatic hydroxyl groups excluding tert-OH is 1. The van der Waals surface area contributed by atoms with E-state index in [0.717, 1.165) is 5.56 Å². The molecule has 100 valence electrons. The maximum absolute atomic E-state index is 11.8. The molecule has 0 saturated carbocycles. The van der Waals surface area contributed by atoms with Crippen molar-refractivity contribution in [3.8, 4) is 0 Å². The second-order valence-electron chi connectivity index (χ2n) is 4.74. The van der Waals surface area contributed by atoms with Crippen molar-refractivity contribution in [1.29, 1.82) is 0 Å². The molecule has 1 amide bonds. The molecule has 4 N–H and O–H groups in total. The zero-order chi connectivity index (χ0) is 13.5. The van der Waals surface area contributed by atoms with Crippen LogP contribution in [0.5, 0.6) is 0 Å². The summed E-state index contributed by atoms with van der Waals surface area (Å²) in [6.07, 6.45) is 0.256. The van der Waals surface area contributed by atoms with E-state index in [-0.39, 0.29) is 36.9 Å². The first-order chi connectivity index (χ1) is 8.54. The van der Waals surface area contributed by atoms with Gasteiger partial charge in [-0.15, -0.1) is 0 Å². The van der Waals surface area contributed by atoms with Gasteiger partial charge in [-0.25, -0.2) is 0 Å². The minimum atomic E-state index is -0.289. The zero-order valence-electron chi connectivity index (χ0n) is 11.0. The summed E-state index contributed by atoms with van der Waals surface area (Å²) in [7, 11) is 0. The van der Waals surface area contributed by atoms with Crippen molar-refractivity contribution in [2.75, 3.05) is 6.61 Å². The summed E-state index contributed by atoms with van der Waals surface area (Å²) in [5.41, 5.74) is 6.92. The number of benzene rings is 1. The number of hydrogen-bond donors (Lipinski definition) is 3. The summed E-state index contributed by atoms with van der Waals surface area (Å²) in [4.78, 5) is 11.8. The first-order valence-electron chi connectivity index (χ1n) is 6.25. The number of carbonyl (C=O) groups excluding carboxylic acids is 1. The van der Waals surface area contributed by atoms with Gasteiger partial charge in [0.25, 0.3) is 0 Å². The molecule has 0 aliphatic heterocycles. The molecule has 3 atom stereocenters. The standard InChI is InChI=1S/C14H22N2O2/c1-10(9-17)11(2)16-14(18)8-13(15)12-6-4-3-5-7-12/h3-7,10-11,13,17H,8-9,15H2,1-2H3,(H,16,18). The Morgan fingerprint density at radius 2 is 1.94 bits per heavy atom. The van der Waals surface area contributed by atoms with Gasteiger partial charge in [0, 0.05) is 25.1 Å². The van der Waals surface area contributed by atoms with E-state index < -0.39 is 0 Å². The summed E-state index contributed by atoms with van der Waals surface area (Å²) >= 11 is 0. The van der Waals surface area contributed by atoms with Crippen LogP contribution in [0.4, 0.5) is 0 Å². The van der Waals surface area contributed by atoms with Gasteiger partial charge in [0.15, 0.2) is 0 Å². The molecule has 0 bridgehead atoms. The van der Waals surface area contributed by atoms with Crippen molar-refractivity contribution >= 4 is 5.91 Å². The number of aliphatic hydroxyl groups is 1. The van der Waals surface area contributed by atoms with E-state index in [1.807, 2.05) is 44.2 Å². The molecule has 1 aromatic carbocycles. The van der Waals surface area contributed by atoms with E-state index >= 15 is 0 Å². The molecule has 0 aliphatic rings. The van der Waals surface area contributed by atoms with Gasteiger partial charge in [-0.2, -0.15) is 0 Å². The topological polar surface area (TPSA) is 75.3 Å². The fraction of sp³-hybridized carbons (Fsp3) is 0.500. The Morgan fingerprint density at radius 3 is 2.50 bits per heavy atom. The van der Waals surface area contributed by atoms with E-state index in [1.165, 1.54) is 0 Å². The lowest BCUT2D eigenvalue weighted by molar-refractivity contribution is -0.122. The molecule has 4 heteroatoms. The minimum absolute atomic E-state index is 0.0434. The number of carbonyl (C=O) groups is 1. The van der Waals surface area contributed by atoms with Crippen LogP contribution in [-0.2, 0) is 4.79 Å². The van der Waals surface area contributed by atoms with Gasteiger partial charge in [-0.1, -0.05) is 37.3 Å². The Bertz CT molecular complexity index is 367. The van der Waals surface area contributed by atoms with Crippen molar-refractivity contribution in [2.45, 2.75) is 32.4 Å². The predicted octanol–water partition coefficient (Wildman–Crippen LogP) is 1.21. The Kier molecular flexibility index (Phi) is 5.82. The van der Waals surface area contributed by atoms with Crippen LogP contribution >= 0.6 is 0 Å². The van der Waals surface area contributed by atoms with Gasteiger partial charge in [-0.05, 0) is 18.4 Å². The molecule has 0 heterocycles. The van der Waals surface area contributed by atoms with Crippen LogP contribution in [0.3, 0.4) is 0 Å². The largest absolute Gasteiger partial charge is 0.396 e. The molecule has 0 spiro atoms. The zero-order valence-corrected chi connectivity index (χ0v) is 11.0. The lowest BCUT2D eigenvalue weighted by atomic mass is 10.0. The number of amides is 1. The SMILES string of the molecule is CC(CO)C(C)NC(=O)CC(N)c1ccccc1. The van der Waals surface area contributed by atoms with Gasteiger partial charge < -0.3 is 16.2 Å². The summed E-state index contributed by atoms with van der Waals surface area (Å²) in [5, 5.41) is 11.9. The van der Waals surface area contributed by atoms with Crippen LogP contribution in [0.1, 0.15) is 31.9 Å². The van der Waals surface area contributed by atoms with E-state index in [1.54, 1.807) is 0 Å². The Balaban J connectivity index is 2.45. The monoisotopic (exact) mass is 250 g/mol. The van der Waals surface area contributed by atoms with Crippen LogP contribution < -0.4 is 11.1 Å². The molecule has 0 aliphatic carbocycles. The fourth-order valence-corrected chi connectivity index (χ4v) is 1.63. The number of hydrogen-bond acceptors (Lipinski definition) is 3. The summed E-state index contributed by atoms with van der Waals surface area (Å²) < 4.78 is 0. The third kappa shape index (κ3) is 4.47. The van der Waals surface area contributed by atoms with Crippen molar-refractivity contribution in [3.63, 3.8) is 0 Å². The first-order valence-corrected chi connectivity index (χ1v) is 6.25. The van der Waals surface area contributed by atoms with Crippen molar-refractivity contribution in [3.05, 3.63) is 35.9 Å². The van der Waals surface area contributed by atoms with E-state index in [0.29, 0.717) is 0 Å². The molecular formula is C14H22N2O2. The van der Waals surface area contributed by atoms with Gasteiger partial charge >= 0.3 is 0 Å². The van der Waals surface area contributed by atoms with Crippen molar-refractivity contribution in [1.82, 2.24) is 5.32 Å². The first kappa shape index (κ1) is 14.7. The lowest BCUT2D eigenvalue weighted by Crippen LogP contribution is -2.39. The molecular weight excluding hydrogens is 228 g/mol. The second-order valence-corrected chi connectivity index (χ2v) is 4.74. The average Bonchev–Trinajstić information content (AvgIpc) is 2.38. The highest BCUT2D eigenvalue weighted by Crippen LogP contribution is 2.13. The van der Waals surface area contributed by atoms with E-state index in [2.05, 4.69) is 5.32 Å². The van der Waals surface area contributed by atoms with Crippen molar-refractivity contribution in [2.24, 2.45) is 11.7 Å².